The van der Waals surface area contributed by atoms with Gasteiger partial charge < -0.3 is 10.2 Å². The van der Waals surface area contributed by atoms with Gasteiger partial charge in [-0.2, -0.15) is 0 Å². The van der Waals surface area contributed by atoms with E-state index in [1.807, 2.05) is 42.6 Å². The number of Topliss-reactive ketones (excluding diaryl/α,β-unsaturated/α-hetero) is 1. The number of anilines is 1. The normalized spacial score (nSPS) is 15.3. The van der Waals surface area contributed by atoms with Crippen molar-refractivity contribution in [3.63, 3.8) is 0 Å². The Hall–Kier alpha value is -3.88. The molecule has 0 spiro atoms. The monoisotopic (exact) mass is 530 g/mol. The molecule has 1 atom stereocenters. The highest BCUT2D eigenvalue weighted by atomic mass is 35.5. The highest BCUT2D eigenvalue weighted by molar-refractivity contribution is 7.12. The van der Waals surface area contributed by atoms with E-state index < -0.39 is 6.04 Å². The SMILES string of the molecule is Cc1ccnc(NC(=O)c2ccc(CN3C(=O)c4sccc4CC(=O)C3Cc3ccccn3)cc2Cl)c1. The van der Waals surface area contributed by atoms with Crippen LogP contribution in [0.25, 0.3) is 0 Å². The number of nitrogens with one attached hydrogen (secondary N) is 1. The van der Waals surface area contributed by atoms with E-state index in [-0.39, 0.29) is 41.1 Å². The van der Waals surface area contributed by atoms with E-state index in [1.165, 1.54) is 11.3 Å². The van der Waals surface area contributed by atoms with Crippen molar-refractivity contribution >= 4 is 46.4 Å². The molecule has 37 heavy (non-hydrogen) atoms. The number of halogens is 1. The van der Waals surface area contributed by atoms with E-state index in [0.29, 0.717) is 22.7 Å². The largest absolute Gasteiger partial charge is 0.323 e. The number of aryl methyl sites for hydroxylation is 1. The minimum absolute atomic E-state index is 0.0381. The Balaban J connectivity index is 1.41. The van der Waals surface area contributed by atoms with Crippen LogP contribution in [0.5, 0.6) is 0 Å². The van der Waals surface area contributed by atoms with Crippen molar-refractivity contribution in [3.05, 3.63) is 110 Å². The first-order chi connectivity index (χ1) is 17.9. The standard InChI is InChI=1S/C28H23ClN4O3S/c1-17-7-10-31-25(12-17)32-27(35)21-6-5-18(13-22(21)29)16-33-23(15-20-4-2-3-9-30-20)24(34)14-19-8-11-37-26(19)28(33)36/h2-13,23H,14-16H2,1H3,(H,31,32,35). The number of hydrogen-bond donors (Lipinski definition) is 1. The highest BCUT2D eigenvalue weighted by Gasteiger charge is 2.36. The van der Waals surface area contributed by atoms with Crippen molar-refractivity contribution in [1.29, 1.82) is 0 Å². The molecule has 7 nitrogen and oxygen atoms in total. The molecule has 0 aliphatic carbocycles. The first-order valence-corrected chi connectivity index (χ1v) is 13.0. The fourth-order valence-corrected chi connectivity index (χ4v) is 5.53. The fourth-order valence-electron chi connectivity index (χ4n) is 4.36. The molecule has 0 bridgehead atoms. The molecule has 0 saturated carbocycles. The molecule has 1 aliphatic heterocycles. The number of hydrogen-bond acceptors (Lipinski definition) is 6. The average Bonchev–Trinajstić information content (AvgIpc) is 3.31. The van der Waals surface area contributed by atoms with Crippen molar-refractivity contribution in [2.75, 3.05) is 5.32 Å². The predicted molar refractivity (Wildman–Crippen MR) is 143 cm³/mol. The van der Waals surface area contributed by atoms with Crippen LogP contribution in [0, 0.1) is 6.92 Å². The van der Waals surface area contributed by atoms with E-state index >= 15 is 0 Å². The molecule has 186 valence electrons. The molecule has 0 radical (unpaired) electrons. The number of ketones is 1. The topological polar surface area (TPSA) is 92.3 Å². The zero-order valence-electron chi connectivity index (χ0n) is 20.0. The molecule has 1 N–H and O–H groups in total. The molecule has 0 fully saturated rings. The summed E-state index contributed by atoms with van der Waals surface area (Å²) in [4.78, 5) is 50.4. The van der Waals surface area contributed by atoms with Gasteiger partial charge in [0.15, 0.2) is 5.78 Å². The molecule has 1 unspecified atom stereocenters. The second kappa shape index (κ2) is 10.6. The number of amides is 2. The Labute approximate surface area is 223 Å². The van der Waals surface area contributed by atoms with Crippen LogP contribution in [0.4, 0.5) is 5.82 Å². The zero-order valence-corrected chi connectivity index (χ0v) is 21.6. The van der Waals surface area contributed by atoms with E-state index in [9.17, 15) is 14.4 Å². The molecular formula is C28H23ClN4O3S. The molecule has 1 aromatic carbocycles. The summed E-state index contributed by atoms with van der Waals surface area (Å²) >= 11 is 7.85. The number of carbonyl (C=O) groups excluding carboxylic acids is 3. The number of carbonyl (C=O) groups is 3. The lowest BCUT2D eigenvalue weighted by atomic mass is 10.0. The summed E-state index contributed by atoms with van der Waals surface area (Å²) in [5.41, 5.74) is 3.46. The van der Waals surface area contributed by atoms with Crippen LogP contribution in [0.3, 0.4) is 0 Å². The quantitative estimate of drug-likeness (QED) is 0.373. The summed E-state index contributed by atoms with van der Waals surface area (Å²) in [6, 6.07) is 15.3. The van der Waals surface area contributed by atoms with Crippen LogP contribution in [-0.4, -0.2) is 38.5 Å². The maximum Gasteiger partial charge on any atom is 0.265 e. The molecule has 9 heteroatoms. The average molecular weight is 531 g/mol. The first kappa shape index (κ1) is 24.8. The summed E-state index contributed by atoms with van der Waals surface area (Å²) in [6.07, 6.45) is 3.81. The van der Waals surface area contributed by atoms with Gasteiger partial charge in [0, 0.05) is 37.5 Å². The van der Waals surface area contributed by atoms with Gasteiger partial charge in [-0.15, -0.1) is 11.3 Å². The van der Waals surface area contributed by atoms with Crippen molar-refractivity contribution in [1.82, 2.24) is 14.9 Å². The van der Waals surface area contributed by atoms with Gasteiger partial charge in [-0.3, -0.25) is 19.4 Å². The molecule has 0 saturated heterocycles. The second-order valence-corrected chi connectivity index (χ2v) is 10.2. The number of pyridine rings is 2. The maximum atomic E-state index is 13.6. The summed E-state index contributed by atoms with van der Waals surface area (Å²) in [7, 11) is 0. The molecule has 1 aliphatic rings. The van der Waals surface area contributed by atoms with E-state index in [4.69, 9.17) is 11.6 Å². The summed E-state index contributed by atoms with van der Waals surface area (Å²) in [5, 5.41) is 4.83. The molecule has 2 amide bonds. The lowest BCUT2D eigenvalue weighted by Gasteiger charge is -2.29. The van der Waals surface area contributed by atoms with Gasteiger partial charge in [-0.1, -0.05) is 23.7 Å². The molecular weight excluding hydrogens is 508 g/mol. The van der Waals surface area contributed by atoms with E-state index in [1.54, 1.807) is 41.6 Å². The van der Waals surface area contributed by atoms with Crippen LogP contribution in [0.1, 0.15) is 42.4 Å². The number of benzene rings is 1. The van der Waals surface area contributed by atoms with E-state index in [2.05, 4.69) is 15.3 Å². The third kappa shape index (κ3) is 5.45. The number of fused-ring (bicyclic) bond motifs is 1. The van der Waals surface area contributed by atoms with Crippen LogP contribution >= 0.6 is 22.9 Å². The van der Waals surface area contributed by atoms with Gasteiger partial charge >= 0.3 is 0 Å². The second-order valence-electron chi connectivity index (χ2n) is 8.88. The predicted octanol–water partition coefficient (Wildman–Crippen LogP) is 5.13. The van der Waals surface area contributed by atoms with Crippen molar-refractivity contribution < 1.29 is 14.4 Å². The Bertz CT molecular complexity index is 1490. The highest BCUT2D eigenvalue weighted by Crippen LogP contribution is 2.29. The number of aromatic nitrogens is 2. The smallest absolute Gasteiger partial charge is 0.265 e. The van der Waals surface area contributed by atoms with Crippen LogP contribution in [-0.2, 0) is 24.2 Å². The van der Waals surface area contributed by atoms with Gasteiger partial charge in [0.2, 0.25) is 0 Å². The van der Waals surface area contributed by atoms with Crippen molar-refractivity contribution in [2.45, 2.75) is 32.4 Å². The molecule has 3 aromatic heterocycles. The number of nitrogens with zero attached hydrogens (tertiary/aromatic N) is 3. The maximum absolute atomic E-state index is 13.6. The van der Waals surface area contributed by atoms with Gasteiger partial charge in [0.25, 0.3) is 11.8 Å². The van der Waals surface area contributed by atoms with Gasteiger partial charge in [0.05, 0.1) is 21.5 Å². The lowest BCUT2D eigenvalue weighted by molar-refractivity contribution is -0.122. The van der Waals surface area contributed by atoms with E-state index in [0.717, 1.165) is 16.8 Å². The Morgan fingerprint density at radius 3 is 2.73 bits per heavy atom. The molecule has 5 rings (SSSR count). The van der Waals surface area contributed by atoms with Gasteiger partial charge in [-0.25, -0.2) is 4.98 Å². The Kier molecular flexibility index (Phi) is 7.12. The van der Waals surface area contributed by atoms with Gasteiger partial charge in [0.1, 0.15) is 5.82 Å². The number of thiophene rings is 1. The van der Waals surface area contributed by atoms with Crippen LogP contribution < -0.4 is 5.32 Å². The van der Waals surface area contributed by atoms with Crippen molar-refractivity contribution in [3.8, 4) is 0 Å². The molecule has 4 aromatic rings. The Morgan fingerprint density at radius 1 is 1.11 bits per heavy atom. The minimum Gasteiger partial charge on any atom is -0.323 e. The minimum atomic E-state index is -0.670. The summed E-state index contributed by atoms with van der Waals surface area (Å²) in [6.45, 7) is 2.08. The Morgan fingerprint density at radius 2 is 1.97 bits per heavy atom. The third-order valence-electron chi connectivity index (χ3n) is 6.23. The fraction of sp³-hybridized carbons (Fsp3) is 0.179. The van der Waals surface area contributed by atoms with Crippen molar-refractivity contribution in [2.24, 2.45) is 0 Å². The third-order valence-corrected chi connectivity index (χ3v) is 7.49. The lowest BCUT2D eigenvalue weighted by Crippen LogP contribution is -2.44. The van der Waals surface area contributed by atoms with Gasteiger partial charge in [-0.05, 0) is 71.5 Å². The number of rotatable bonds is 6. The van der Waals surface area contributed by atoms with Crippen LogP contribution in [0.2, 0.25) is 5.02 Å². The zero-order chi connectivity index (χ0) is 25.9. The summed E-state index contributed by atoms with van der Waals surface area (Å²) < 4.78 is 0. The first-order valence-electron chi connectivity index (χ1n) is 11.7. The summed E-state index contributed by atoms with van der Waals surface area (Å²) in [5.74, 6) is -0.181. The molecule has 4 heterocycles. The van der Waals surface area contributed by atoms with Crippen LogP contribution in [0.15, 0.2) is 72.4 Å².